The second-order valence-corrected chi connectivity index (χ2v) is 5.46. The second kappa shape index (κ2) is 8.49. The minimum Gasteiger partial charge on any atom is -0.372 e. The number of methoxy groups -OCH3 is 1. The zero-order chi connectivity index (χ0) is 13.4. The Morgan fingerprint density at radius 2 is 2.00 bits per heavy atom. The minimum absolute atomic E-state index is 0.00204. The quantitative estimate of drug-likeness (QED) is 0.444. The molecule has 0 aliphatic rings. The summed E-state index contributed by atoms with van der Waals surface area (Å²) in [5.41, 5.74) is 2.33. The topological polar surface area (TPSA) is 9.23 Å². The molecule has 1 nitrogen and oxygen atoms in total. The summed E-state index contributed by atoms with van der Waals surface area (Å²) < 4.78 is 6.70. The van der Waals surface area contributed by atoms with Crippen molar-refractivity contribution in [3.63, 3.8) is 0 Å². The van der Waals surface area contributed by atoms with Gasteiger partial charge >= 0.3 is 0 Å². The van der Waals surface area contributed by atoms with Gasteiger partial charge < -0.3 is 4.74 Å². The highest BCUT2D eigenvalue weighted by Crippen LogP contribution is 2.32. The first kappa shape index (κ1) is 15.5. The van der Waals surface area contributed by atoms with E-state index in [1.807, 2.05) is 18.2 Å². The summed E-state index contributed by atoms with van der Waals surface area (Å²) in [6.07, 6.45) is 6.10. The van der Waals surface area contributed by atoms with Gasteiger partial charge in [-0.3, -0.25) is 0 Å². The van der Waals surface area contributed by atoms with Gasteiger partial charge in [0.25, 0.3) is 0 Å². The third kappa shape index (κ3) is 4.58. The number of hydrogen-bond donors (Lipinski definition) is 0. The van der Waals surface area contributed by atoms with Crippen molar-refractivity contribution in [3.8, 4) is 0 Å². The Hall–Kier alpha value is -0.600. The lowest BCUT2D eigenvalue weighted by molar-refractivity contribution is 0.129. The third-order valence-electron chi connectivity index (χ3n) is 3.15. The minimum atomic E-state index is 0.00204. The Morgan fingerprint density at radius 3 is 2.61 bits per heavy atom. The van der Waals surface area contributed by atoms with Gasteiger partial charge in [-0.25, -0.2) is 0 Å². The highest BCUT2D eigenvalue weighted by Gasteiger charge is 2.16. The fourth-order valence-corrected chi connectivity index (χ4v) is 2.60. The highest BCUT2D eigenvalue weighted by molar-refractivity contribution is 9.10. The van der Waals surface area contributed by atoms with Crippen molar-refractivity contribution in [3.05, 3.63) is 46.5 Å². The van der Waals surface area contributed by atoms with Gasteiger partial charge in [-0.2, -0.15) is 0 Å². The Labute approximate surface area is 119 Å². The monoisotopic (exact) mass is 310 g/mol. The predicted octanol–water partition coefficient (Wildman–Crippen LogP) is 5.66. The van der Waals surface area contributed by atoms with E-state index in [0.29, 0.717) is 0 Å². The van der Waals surface area contributed by atoms with E-state index in [0.717, 1.165) is 10.9 Å². The van der Waals surface area contributed by atoms with Crippen LogP contribution in [0.2, 0.25) is 0 Å². The summed E-state index contributed by atoms with van der Waals surface area (Å²) in [5, 5.41) is 0. The van der Waals surface area contributed by atoms with E-state index < -0.39 is 0 Å². The van der Waals surface area contributed by atoms with Crippen molar-refractivity contribution in [2.75, 3.05) is 7.11 Å². The molecule has 0 saturated carbocycles. The van der Waals surface area contributed by atoms with E-state index in [1.54, 1.807) is 7.11 Å². The first-order valence-electron chi connectivity index (χ1n) is 6.65. The van der Waals surface area contributed by atoms with E-state index in [4.69, 9.17) is 4.74 Å². The molecule has 1 unspecified atom stereocenters. The van der Waals surface area contributed by atoms with Crippen molar-refractivity contribution in [1.82, 2.24) is 0 Å². The average molecular weight is 311 g/mol. The molecule has 2 heteroatoms. The molecule has 0 saturated heterocycles. The van der Waals surface area contributed by atoms with Crippen LogP contribution in [0.15, 0.2) is 40.9 Å². The number of ether oxygens (including phenoxy) is 1. The maximum atomic E-state index is 5.61. The lowest BCUT2D eigenvalue weighted by atomic mass is 9.98. The lowest BCUT2D eigenvalue weighted by Crippen LogP contribution is -2.05. The van der Waals surface area contributed by atoms with E-state index in [1.165, 1.54) is 36.8 Å². The molecule has 0 bridgehead atoms. The van der Waals surface area contributed by atoms with Crippen LogP contribution in [0.5, 0.6) is 0 Å². The van der Waals surface area contributed by atoms with Crippen LogP contribution < -0.4 is 0 Å². The fraction of sp³-hybridized carbons (Fsp3) is 0.500. The largest absolute Gasteiger partial charge is 0.372 e. The van der Waals surface area contributed by atoms with Crippen LogP contribution >= 0.6 is 15.9 Å². The van der Waals surface area contributed by atoms with Crippen LogP contribution in [-0.4, -0.2) is 7.11 Å². The summed E-state index contributed by atoms with van der Waals surface area (Å²) in [7, 11) is 1.75. The molecule has 0 aliphatic carbocycles. The zero-order valence-corrected chi connectivity index (χ0v) is 13.0. The predicted molar refractivity (Wildman–Crippen MR) is 81.8 cm³/mol. The summed E-state index contributed by atoms with van der Waals surface area (Å²) in [4.78, 5) is 0. The molecule has 0 radical (unpaired) electrons. The molecular formula is C16H23BrO. The zero-order valence-electron chi connectivity index (χ0n) is 11.4. The maximum absolute atomic E-state index is 5.61. The van der Waals surface area contributed by atoms with E-state index in [9.17, 15) is 0 Å². The Balaban J connectivity index is 2.60. The van der Waals surface area contributed by atoms with Crippen molar-refractivity contribution < 1.29 is 4.74 Å². The summed E-state index contributed by atoms with van der Waals surface area (Å²) in [5.74, 6) is 0. The SMILES string of the molecule is C=C(CCCCCC)C(OC)c1ccccc1Br. The van der Waals surface area contributed by atoms with Gasteiger partial charge in [0.15, 0.2) is 0 Å². The number of hydrogen-bond acceptors (Lipinski definition) is 1. The smallest absolute Gasteiger partial charge is 0.104 e. The molecule has 0 aromatic heterocycles. The van der Waals surface area contributed by atoms with Crippen LogP contribution in [0.1, 0.15) is 50.7 Å². The lowest BCUT2D eigenvalue weighted by Gasteiger charge is -2.20. The van der Waals surface area contributed by atoms with Crippen molar-refractivity contribution in [2.45, 2.75) is 45.1 Å². The molecule has 0 amide bonds. The molecule has 18 heavy (non-hydrogen) atoms. The first-order chi connectivity index (χ1) is 8.70. The van der Waals surface area contributed by atoms with Gasteiger partial charge in [0.2, 0.25) is 0 Å². The molecular weight excluding hydrogens is 288 g/mol. The van der Waals surface area contributed by atoms with Crippen LogP contribution in [0.4, 0.5) is 0 Å². The van der Waals surface area contributed by atoms with Crippen LogP contribution in [0.3, 0.4) is 0 Å². The summed E-state index contributed by atoms with van der Waals surface area (Å²) in [6.45, 7) is 6.43. The average Bonchev–Trinajstić information content (AvgIpc) is 2.38. The summed E-state index contributed by atoms with van der Waals surface area (Å²) in [6, 6.07) is 8.20. The molecule has 0 heterocycles. The highest BCUT2D eigenvalue weighted by atomic mass is 79.9. The van der Waals surface area contributed by atoms with Crippen LogP contribution in [-0.2, 0) is 4.74 Å². The number of unbranched alkanes of at least 4 members (excludes halogenated alkanes) is 3. The molecule has 0 aliphatic heterocycles. The van der Waals surface area contributed by atoms with Gasteiger partial charge in [0, 0.05) is 11.6 Å². The standard InChI is InChI=1S/C16H23BrO/c1-4-5-6-7-10-13(2)16(18-3)14-11-8-9-12-15(14)17/h8-9,11-12,16H,2,4-7,10H2,1,3H3. The number of benzene rings is 1. The van der Waals surface area contributed by atoms with E-state index in [2.05, 4.69) is 35.5 Å². The van der Waals surface area contributed by atoms with Gasteiger partial charge in [-0.15, -0.1) is 0 Å². The molecule has 1 aromatic rings. The van der Waals surface area contributed by atoms with Crippen molar-refractivity contribution in [2.24, 2.45) is 0 Å². The van der Waals surface area contributed by atoms with E-state index >= 15 is 0 Å². The van der Waals surface area contributed by atoms with Crippen molar-refractivity contribution >= 4 is 15.9 Å². The normalized spacial score (nSPS) is 12.4. The second-order valence-electron chi connectivity index (χ2n) is 4.61. The Bertz CT molecular complexity index is 373. The van der Waals surface area contributed by atoms with Gasteiger partial charge in [-0.1, -0.05) is 66.9 Å². The first-order valence-corrected chi connectivity index (χ1v) is 7.44. The van der Waals surface area contributed by atoms with Crippen molar-refractivity contribution in [1.29, 1.82) is 0 Å². The Morgan fingerprint density at radius 1 is 1.28 bits per heavy atom. The van der Waals surface area contributed by atoms with Crippen LogP contribution in [0, 0.1) is 0 Å². The van der Waals surface area contributed by atoms with Crippen LogP contribution in [0.25, 0.3) is 0 Å². The Kier molecular flexibility index (Phi) is 7.29. The van der Waals surface area contributed by atoms with Gasteiger partial charge in [-0.05, 0) is 30.0 Å². The molecule has 1 rings (SSSR count). The van der Waals surface area contributed by atoms with Gasteiger partial charge in [0.1, 0.15) is 6.10 Å². The summed E-state index contributed by atoms with van der Waals surface area (Å²) >= 11 is 3.58. The maximum Gasteiger partial charge on any atom is 0.104 e. The molecule has 100 valence electrons. The van der Waals surface area contributed by atoms with E-state index in [-0.39, 0.29) is 6.10 Å². The molecule has 1 atom stereocenters. The number of rotatable bonds is 8. The molecule has 0 spiro atoms. The fourth-order valence-electron chi connectivity index (χ4n) is 2.11. The number of halogens is 1. The molecule has 1 aromatic carbocycles. The van der Waals surface area contributed by atoms with Gasteiger partial charge in [0.05, 0.1) is 0 Å². The third-order valence-corrected chi connectivity index (χ3v) is 3.87. The molecule has 0 fully saturated rings. The molecule has 0 N–H and O–H groups in total.